The first-order valence-electron chi connectivity index (χ1n) is 9.15. The Balaban J connectivity index is 1.49. The van der Waals surface area contributed by atoms with Gasteiger partial charge in [0, 0.05) is 29.8 Å². The van der Waals surface area contributed by atoms with E-state index in [-0.39, 0.29) is 18.9 Å². The fourth-order valence-electron chi connectivity index (χ4n) is 2.66. The van der Waals surface area contributed by atoms with Crippen molar-refractivity contribution in [1.29, 1.82) is 0 Å². The summed E-state index contributed by atoms with van der Waals surface area (Å²) in [5, 5.41) is 9.89. The number of hydrogen-bond acceptors (Lipinski definition) is 6. The number of rotatable bonds is 7. The van der Waals surface area contributed by atoms with Crippen LogP contribution in [0.25, 0.3) is 6.08 Å². The van der Waals surface area contributed by atoms with E-state index in [0.29, 0.717) is 21.4 Å². The minimum absolute atomic E-state index is 0.0268. The zero-order valence-corrected chi connectivity index (χ0v) is 18.4. The standard InChI is InChI=1S/C21H21ClN4O3S/c1-13-4-6-15(7-5-13)23-18(27)10-19-24-16(12-30-19)11-29-20(28)9-8-17-14(2)25-26(3)21(17)22/h4-9,12H,10-11H2,1-3H3,(H,23,27)/b9-8+. The molecule has 3 aromatic rings. The summed E-state index contributed by atoms with van der Waals surface area (Å²) in [6.07, 6.45) is 3.04. The second-order valence-corrected chi connectivity index (χ2v) is 7.98. The number of amides is 1. The van der Waals surface area contributed by atoms with E-state index >= 15 is 0 Å². The van der Waals surface area contributed by atoms with Crippen LogP contribution in [0, 0.1) is 13.8 Å². The molecule has 2 aromatic heterocycles. The van der Waals surface area contributed by atoms with Gasteiger partial charge in [-0.25, -0.2) is 9.78 Å². The maximum Gasteiger partial charge on any atom is 0.331 e. The summed E-state index contributed by atoms with van der Waals surface area (Å²) in [4.78, 5) is 28.5. The fraction of sp³-hybridized carbons (Fsp3) is 0.238. The number of carbonyl (C=O) groups excluding carboxylic acids is 2. The van der Waals surface area contributed by atoms with E-state index in [1.807, 2.05) is 38.1 Å². The van der Waals surface area contributed by atoms with Crippen molar-refractivity contribution in [2.24, 2.45) is 7.05 Å². The van der Waals surface area contributed by atoms with Gasteiger partial charge in [0.15, 0.2) is 0 Å². The summed E-state index contributed by atoms with van der Waals surface area (Å²) in [6.45, 7) is 3.82. The number of ether oxygens (including phenoxy) is 1. The third-order valence-electron chi connectivity index (χ3n) is 4.19. The summed E-state index contributed by atoms with van der Waals surface area (Å²) in [5.41, 5.74) is 3.86. The number of thiazole rings is 1. The van der Waals surface area contributed by atoms with Crippen LogP contribution < -0.4 is 5.32 Å². The average molecular weight is 445 g/mol. The molecule has 0 aliphatic rings. The second-order valence-electron chi connectivity index (χ2n) is 6.68. The Morgan fingerprint density at radius 3 is 2.67 bits per heavy atom. The molecule has 30 heavy (non-hydrogen) atoms. The van der Waals surface area contributed by atoms with E-state index in [1.165, 1.54) is 22.1 Å². The lowest BCUT2D eigenvalue weighted by Gasteiger charge is -2.04. The molecule has 0 fully saturated rings. The number of carbonyl (C=O) groups is 2. The molecule has 0 aliphatic carbocycles. The number of esters is 1. The van der Waals surface area contributed by atoms with E-state index in [1.54, 1.807) is 18.5 Å². The normalized spacial score (nSPS) is 11.1. The third-order valence-corrected chi connectivity index (χ3v) is 5.54. The van der Waals surface area contributed by atoms with Crippen molar-refractivity contribution in [2.75, 3.05) is 5.32 Å². The van der Waals surface area contributed by atoms with Gasteiger partial charge in [-0.2, -0.15) is 5.10 Å². The lowest BCUT2D eigenvalue weighted by molar-refractivity contribution is -0.139. The van der Waals surface area contributed by atoms with Crippen molar-refractivity contribution in [3.63, 3.8) is 0 Å². The third kappa shape index (κ3) is 5.77. The van der Waals surface area contributed by atoms with E-state index < -0.39 is 5.97 Å². The molecule has 0 spiro atoms. The number of benzene rings is 1. The number of nitrogens with one attached hydrogen (secondary N) is 1. The van der Waals surface area contributed by atoms with Gasteiger partial charge in [0.1, 0.15) is 16.8 Å². The van der Waals surface area contributed by atoms with Gasteiger partial charge >= 0.3 is 5.97 Å². The first kappa shape index (κ1) is 21.7. The maximum absolute atomic E-state index is 12.2. The Morgan fingerprint density at radius 1 is 1.27 bits per heavy atom. The van der Waals surface area contributed by atoms with Crippen LogP contribution in [0.1, 0.15) is 27.5 Å². The van der Waals surface area contributed by atoms with Gasteiger partial charge in [0.05, 0.1) is 17.8 Å². The van der Waals surface area contributed by atoms with Crippen molar-refractivity contribution >= 4 is 46.6 Å². The van der Waals surface area contributed by atoms with Crippen molar-refractivity contribution < 1.29 is 14.3 Å². The molecule has 0 bridgehead atoms. The predicted molar refractivity (Wildman–Crippen MR) is 117 cm³/mol. The average Bonchev–Trinajstić information content (AvgIpc) is 3.24. The van der Waals surface area contributed by atoms with Gasteiger partial charge < -0.3 is 10.1 Å². The molecular weight excluding hydrogens is 424 g/mol. The molecule has 156 valence electrons. The molecule has 7 nitrogen and oxygen atoms in total. The Bertz CT molecular complexity index is 1090. The molecule has 0 atom stereocenters. The van der Waals surface area contributed by atoms with E-state index in [4.69, 9.17) is 16.3 Å². The van der Waals surface area contributed by atoms with Crippen LogP contribution >= 0.6 is 22.9 Å². The van der Waals surface area contributed by atoms with Crippen molar-refractivity contribution in [2.45, 2.75) is 26.9 Å². The molecule has 0 saturated heterocycles. The van der Waals surface area contributed by atoms with E-state index in [9.17, 15) is 9.59 Å². The van der Waals surface area contributed by atoms with Crippen molar-refractivity contribution in [3.8, 4) is 0 Å². The van der Waals surface area contributed by atoms with Crippen LogP contribution in [0.2, 0.25) is 5.15 Å². The van der Waals surface area contributed by atoms with Crippen LogP contribution in [0.5, 0.6) is 0 Å². The highest BCUT2D eigenvalue weighted by Gasteiger charge is 2.11. The van der Waals surface area contributed by atoms with Crippen molar-refractivity contribution in [1.82, 2.24) is 14.8 Å². The molecule has 1 aromatic carbocycles. The minimum atomic E-state index is -0.513. The summed E-state index contributed by atoms with van der Waals surface area (Å²) >= 11 is 7.48. The van der Waals surface area contributed by atoms with Gasteiger partial charge in [-0.05, 0) is 32.1 Å². The largest absolute Gasteiger partial charge is 0.456 e. The Morgan fingerprint density at radius 2 is 2.00 bits per heavy atom. The topological polar surface area (TPSA) is 86.1 Å². The van der Waals surface area contributed by atoms with Crippen LogP contribution in [-0.4, -0.2) is 26.6 Å². The lowest BCUT2D eigenvalue weighted by atomic mass is 10.2. The number of anilines is 1. The zero-order chi connectivity index (χ0) is 21.7. The SMILES string of the molecule is Cc1ccc(NC(=O)Cc2nc(COC(=O)/C=C/c3c(C)nn(C)c3Cl)cs2)cc1. The molecule has 1 N–H and O–H groups in total. The molecule has 9 heteroatoms. The minimum Gasteiger partial charge on any atom is -0.456 e. The summed E-state index contributed by atoms with van der Waals surface area (Å²) in [5.74, 6) is -0.663. The first-order valence-corrected chi connectivity index (χ1v) is 10.4. The molecule has 0 aliphatic heterocycles. The number of halogens is 1. The molecule has 0 saturated carbocycles. The molecular formula is C21H21ClN4O3S. The quantitative estimate of drug-likeness (QED) is 0.438. The van der Waals surface area contributed by atoms with Gasteiger partial charge in [0.25, 0.3) is 0 Å². The van der Waals surface area contributed by atoms with E-state index in [0.717, 1.165) is 16.9 Å². The number of aromatic nitrogens is 3. The molecule has 3 rings (SSSR count). The molecule has 1 amide bonds. The Hall–Kier alpha value is -2.97. The predicted octanol–water partition coefficient (Wildman–Crippen LogP) is 4.08. The number of nitrogens with zero attached hydrogens (tertiary/aromatic N) is 3. The Labute approximate surface area is 183 Å². The van der Waals surface area contributed by atoms with Crippen molar-refractivity contribution in [3.05, 3.63) is 68.4 Å². The first-order chi connectivity index (χ1) is 14.3. The highest BCUT2D eigenvalue weighted by atomic mass is 35.5. The lowest BCUT2D eigenvalue weighted by Crippen LogP contribution is -2.14. The van der Waals surface area contributed by atoms with Crippen LogP contribution in [0.4, 0.5) is 5.69 Å². The van der Waals surface area contributed by atoms with E-state index in [2.05, 4.69) is 15.4 Å². The van der Waals surface area contributed by atoms with Gasteiger partial charge in [0.2, 0.25) is 5.91 Å². The summed E-state index contributed by atoms with van der Waals surface area (Å²) in [7, 11) is 1.73. The number of hydrogen-bond donors (Lipinski definition) is 1. The second kappa shape index (κ2) is 9.69. The highest BCUT2D eigenvalue weighted by molar-refractivity contribution is 7.09. The smallest absolute Gasteiger partial charge is 0.331 e. The molecule has 0 unspecified atom stereocenters. The van der Waals surface area contributed by atoms with Gasteiger partial charge in [-0.1, -0.05) is 29.3 Å². The Kier molecular flexibility index (Phi) is 7.02. The van der Waals surface area contributed by atoms with Crippen LogP contribution in [0.3, 0.4) is 0 Å². The van der Waals surface area contributed by atoms with Crippen LogP contribution in [0.15, 0.2) is 35.7 Å². The zero-order valence-electron chi connectivity index (χ0n) is 16.8. The van der Waals surface area contributed by atoms with Crippen LogP contribution in [-0.2, 0) is 34.4 Å². The summed E-state index contributed by atoms with van der Waals surface area (Å²) < 4.78 is 6.74. The highest BCUT2D eigenvalue weighted by Crippen LogP contribution is 2.20. The van der Waals surface area contributed by atoms with Gasteiger partial charge in [-0.15, -0.1) is 11.3 Å². The summed E-state index contributed by atoms with van der Waals surface area (Å²) in [6, 6.07) is 7.58. The molecule has 0 radical (unpaired) electrons. The number of aryl methyl sites for hydroxylation is 3. The molecule has 2 heterocycles. The monoisotopic (exact) mass is 444 g/mol. The van der Waals surface area contributed by atoms with Gasteiger partial charge in [-0.3, -0.25) is 9.48 Å². The fourth-order valence-corrected chi connectivity index (χ4v) is 3.67. The maximum atomic E-state index is 12.2.